The third kappa shape index (κ3) is 3.89. The number of hydrogen-bond donors (Lipinski definition) is 0. The van der Waals surface area contributed by atoms with E-state index >= 15 is 0 Å². The molecule has 6 aromatic carbocycles. The third-order valence-electron chi connectivity index (χ3n) is 6.83. The van der Waals surface area contributed by atoms with Crippen molar-refractivity contribution >= 4 is 62.3 Å². The van der Waals surface area contributed by atoms with Crippen molar-refractivity contribution < 1.29 is 0 Å². The molecule has 0 aromatic heterocycles. The predicted molar refractivity (Wildman–Crippen MR) is 154 cm³/mol. The molecular weight excluding hydrogens is 427 g/mol. The van der Waals surface area contributed by atoms with E-state index < -0.39 is 0 Å². The Morgan fingerprint density at radius 3 is 1.85 bits per heavy atom. The first-order valence-electron chi connectivity index (χ1n) is 12.0. The minimum atomic E-state index is 0.612. The number of fused-ring (bicyclic) bond motifs is 4. The summed E-state index contributed by atoms with van der Waals surface area (Å²) in [6, 6.07) is 38.3. The van der Waals surface area contributed by atoms with Gasteiger partial charge >= 0.3 is 0 Å². The highest BCUT2D eigenvalue weighted by molar-refractivity contribution is 7.56. The molecule has 0 aliphatic heterocycles. The molecule has 1 atom stereocenters. The van der Waals surface area contributed by atoms with Crippen LogP contribution in [0.25, 0.3) is 43.1 Å². The molecule has 0 nitrogen and oxygen atoms in total. The summed E-state index contributed by atoms with van der Waals surface area (Å²) in [6.45, 7) is 3.93. The number of rotatable bonds is 6. The van der Waals surface area contributed by atoms with Gasteiger partial charge in [-0.1, -0.05) is 93.5 Å². The van der Waals surface area contributed by atoms with E-state index in [9.17, 15) is 0 Å². The fourth-order valence-corrected chi connectivity index (χ4v) is 6.58. The van der Waals surface area contributed by atoms with Crippen molar-refractivity contribution in [3.63, 3.8) is 0 Å². The van der Waals surface area contributed by atoms with Gasteiger partial charge in [-0.2, -0.15) is 0 Å². The van der Waals surface area contributed by atoms with Crippen LogP contribution >= 0.6 is 8.58 Å². The molecule has 0 radical (unpaired) electrons. The SMILES string of the molecule is C=CCCCc1ccc2cc3ccccc3cc2c1Pc1cccc2cc3ccccc3cc12. The van der Waals surface area contributed by atoms with Crippen LogP contribution in [-0.2, 0) is 6.42 Å². The van der Waals surface area contributed by atoms with Gasteiger partial charge < -0.3 is 0 Å². The number of aryl methyl sites for hydroxylation is 1. The fraction of sp³-hybridized carbons (Fsp3) is 0.0909. The van der Waals surface area contributed by atoms with Gasteiger partial charge in [-0.3, -0.25) is 0 Å². The molecule has 6 aromatic rings. The third-order valence-corrected chi connectivity index (χ3v) is 8.38. The first kappa shape index (κ1) is 21.1. The van der Waals surface area contributed by atoms with Crippen LogP contribution in [0.15, 0.2) is 116 Å². The number of allylic oxidation sites excluding steroid dienone is 1. The van der Waals surface area contributed by atoms with Crippen molar-refractivity contribution in [2.45, 2.75) is 19.3 Å². The molecule has 6 rings (SSSR count). The lowest BCUT2D eigenvalue weighted by atomic mass is 9.99. The van der Waals surface area contributed by atoms with Crippen molar-refractivity contribution in [1.29, 1.82) is 0 Å². The summed E-state index contributed by atoms with van der Waals surface area (Å²) in [4.78, 5) is 0. The maximum Gasteiger partial charge on any atom is -0.00971 e. The lowest BCUT2D eigenvalue weighted by Gasteiger charge is -2.16. The largest absolute Gasteiger partial charge is 0.103 e. The van der Waals surface area contributed by atoms with Crippen molar-refractivity contribution in [1.82, 2.24) is 0 Å². The van der Waals surface area contributed by atoms with Gasteiger partial charge in [0.25, 0.3) is 0 Å². The molecule has 0 fully saturated rings. The van der Waals surface area contributed by atoms with Gasteiger partial charge in [-0.05, 0) is 103 Å². The van der Waals surface area contributed by atoms with Gasteiger partial charge in [0.15, 0.2) is 0 Å². The lowest BCUT2D eigenvalue weighted by molar-refractivity contribution is 0.849. The van der Waals surface area contributed by atoms with Gasteiger partial charge in [0.1, 0.15) is 0 Å². The van der Waals surface area contributed by atoms with Crippen LogP contribution in [0.5, 0.6) is 0 Å². The Balaban J connectivity index is 1.55. The molecule has 0 saturated heterocycles. The predicted octanol–water partition coefficient (Wildman–Crippen LogP) is 8.44. The van der Waals surface area contributed by atoms with Gasteiger partial charge in [0, 0.05) is 0 Å². The summed E-state index contributed by atoms with van der Waals surface area (Å²) < 4.78 is 0. The number of unbranched alkanes of at least 4 members (excludes halogenated alkanes) is 1. The Hall–Kier alpha value is -3.47. The Bertz CT molecular complexity index is 1680. The second-order valence-electron chi connectivity index (χ2n) is 9.05. The number of hydrogen-bond acceptors (Lipinski definition) is 0. The van der Waals surface area contributed by atoms with Crippen LogP contribution in [0, 0.1) is 0 Å². The summed E-state index contributed by atoms with van der Waals surface area (Å²) in [5, 5.41) is 13.6. The van der Waals surface area contributed by atoms with Crippen LogP contribution in [0.1, 0.15) is 18.4 Å². The van der Waals surface area contributed by atoms with E-state index in [1.54, 1.807) is 0 Å². The second-order valence-corrected chi connectivity index (χ2v) is 10.3. The van der Waals surface area contributed by atoms with Crippen LogP contribution in [0.3, 0.4) is 0 Å². The second kappa shape index (κ2) is 9.05. The van der Waals surface area contributed by atoms with Gasteiger partial charge in [0.2, 0.25) is 0 Å². The van der Waals surface area contributed by atoms with Gasteiger partial charge in [-0.25, -0.2) is 0 Å². The summed E-state index contributed by atoms with van der Waals surface area (Å²) in [5.41, 5.74) is 1.47. The highest BCUT2D eigenvalue weighted by Crippen LogP contribution is 2.31. The van der Waals surface area contributed by atoms with Crippen molar-refractivity contribution in [2.75, 3.05) is 0 Å². The van der Waals surface area contributed by atoms with E-state index in [4.69, 9.17) is 0 Å². The highest BCUT2D eigenvalue weighted by Gasteiger charge is 2.12. The standard InChI is InChI=1S/C33H27P/c1-2-3-4-10-23-17-18-29-20-25-12-6-8-14-27(25)22-31(29)33(23)34-32-16-9-15-28-19-24-11-5-7-13-26(24)21-30(28)32/h2,5-9,11-22,34H,1,3-4,10H2. The van der Waals surface area contributed by atoms with Crippen molar-refractivity contribution in [3.8, 4) is 0 Å². The van der Waals surface area contributed by atoms with E-state index in [2.05, 4.69) is 110 Å². The molecule has 0 aliphatic rings. The van der Waals surface area contributed by atoms with E-state index in [0.717, 1.165) is 19.3 Å². The van der Waals surface area contributed by atoms with Crippen LogP contribution in [0.4, 0.5) is 0 Å². The minimum absolute atomic E-state index is 0.612. The molecule has 0 saturated carbocycles. The summed E-state index contributed by atoms with van der Waals surface area (Å²) in [6.07, 6.45) is 5.32. The zero-order valence-corrected chi connectivity index (χ0v) is 20.2. The lowest BCUT2D eigenvalue weighted by Crippen LogP contribution is -2.11. The van der Waals surface area contributed by atoms with Gasteiger partial charge in [0.05, 0.1) is 0 Å². The smallest absolute Gasteiger partial charge is 0.00971 e. The highest BCUT2D eigenvalue weighted by atomic mass is 31.1. The van der Waals surface area contributed by atoms with E-state index in [-0.39, 0.29) is 0 Å². The topological polar surface area (TPSA) is 0 Å². The molecular formula is C33H27P. The zero-order valence-electron chi connectivity index (χ0n) is 19.2. The Morgan fingerprint density at radius 1 is 0.588 bits per heavy atom. The molecule has 164 valence electrons. The first-order valence-corrected chi connectivity index (χ1v) is 13.0. The first-order chi connectivity index (χ1) is 16.8. The molecule has 1 unspecified atom stereocenters. The zero-order chi connectivity index (χ0) is 22.9. The maximum atomic E-state index is 3.93. The monoisotopic (exact) mass is 454 g/mol. The van der Waals surface area contributed by atoms with Crippen molar-refractivity contribution in [3.05, 3.63) is 121 Å². The Morgan fingerprint density at radius 2 is 1.18 bits per heavy atom. The van der Waals surface area contributed by atoms with E-state index in [1.165, 1.54) is 59.3 Å². The molecule has 34 heavy (non-hydrogen) atoms. The summed E-state index contributed by atoms with van der Waals surface area (Å²) in [5.74, 6) is 0. The molecule has 0 amide bonds. The van der Waals surface area contributed by atoms with Crippen LogP contribution in [0.2, 0.25) is 0 Å². The summed E-state index contributed by atoms with van der Waals surface area (Å²) in [7, 11) is 0.612. The molecule has 0 heterocycles. The van der Waals surface area contributed by atoms with Crippen LogP contribution < -0.4 is 10.6 Å². The average molecular weight is 455 g/mol. The fourth-order valence-electron chi connectivity index (χ4n) is 5.06. The molecule has 0 bridgehead atoms. The molecule has 0 aliphatic carbocycles. The number of benzene rings is 6. The Kier molecular flexibility index (Phi) is 5.61. The molecule has 0 N–H and O–H groups in total. The van der Waals surface area contributed by atoms with Crippen LogP contribution in [-0.4, -0.2) is 0 Å². The van der Waals surface area contributed by atoms with E-state index in [0.29, 0.717) is 8.58 Å². The van der Waals surface area contributed by atoms with E-state index in [1.807, 2.05) is 6.08 Å². The quantitative estimate of drug-likeness (QED) is 0.103. The maximum absolute atomic E-state index is 3.93. The van der Waals surface area contributed by atoms with Gasteiger partial charge in [-0.15, -0.1) is 6.58 Å². The summed E-state index contributed by atoms with van der Waals surface area (Å²) >= 11 is 0. The minimum Gasteiger partial charge on any atom is -0.103 e. The normalized spacial score (nSPS) is 11.9. The van der Waals surface area contributed by atoms with Crippen molar-refractivity contribution in [2.24, 2.45) is 0 Å². The average Bonchev–Trinajstić information content (AvgIpc) is 2.88. The molecule has 1 heteroatoms. The Labute approximate surface area is 202 Å². The molecule has 0 spiro atoms.